The molecule has 1 aromatic carbocycles. The molecule has 0 aromatic heterocycles. The fourth-order valence-corrected chi connectivity index (χ4v) is 2.02. The zero-order valence-electron chi connectivity index (χ0n) is 12.9. The predicted octanol–water partition coefficient (Wildman–Crippen LogP) is 2.40. The minimum Gasteiger partial charge on any atom is -0.398 e. The molecule has 1 unspecified atom stereocenters. The summed E-state index contributed by atoms with van der Waals surface area (Å²) < 4.78 is 0. The first-order chi connectivity index (χ1) is 9.56. The Morgan fingerprint density at radius 2 is 2.05 bits per heavy atom. The van der Waals surface area contributed by atoms with E-state index in [2.05, 4.69) is 12.2 Å². The third kappa shape index (κ3) is 5.21. The van der Waals surface area contributed by atoms with Crippen molar-refractivity contribution in [2.45, 2.75) is 45.7 Å². The van der Waals surface area contributed by atoms with Crippen LogP contribution in [-0.4, -0.2) is 30.4 Å². The molecule has 3 N–H and O–H groups in total. The summed E-state index contributed by atoms with van der Waals surface area (Å²) in [5.41, 5.74) is 7.76. The van der Waals surface area contributed by atoms with Crippen LogP contribution in [0, 0.1) is 0 Å². The Labute approximate surface area is 122 Å². The van der Waals surface area contributed by atoms with E-state index >= 15 is 0 Å². The van der Waals surface area contributed by atoms with Gasteiger partial charge in [0.2, 0.25) is 5.91 Å². The van der Waals surface area contributed by atoms with Crippen LogP contribution in [0.2, 0.25) is 0 Å². The number of para-hydroxylation sites is 1. The van der Waals surface area contributed by atoms with Crippen LogP contribution in [-0.2, 0) is 11.3 Å². The van der Waals surface area contributed by atoms with Gasteiger partial charge in [-0.2, -0.15) is 0 Å². The highest BCUT2D eigenvalue weighted by molar-refractivity contribution is 5.81. The number of unbranched alkanes of at least 4 members (excludes halogenated alkanes) is 2. The van der Waals surface area contributed by atoms with Crippen molar-refractivity contribution in [3.63, 3.8) is 0 Å². The van der Waals surface area contributed by atoms with E-state index in [1.54, 1.807) is 0 Å². The lowest BCUT2D eigenvalue weighted by molar-refractivity contribution is -0.125. The molecule has 0 bridgehead atoms. The van der Waals surface area contributed by atoms with E-state index in [9.17, 15) is 4.79 Å². The van der Waals surface area contributed by atoms with E-state index in [0.717, 1.165) is 30.6 Å². The number of hydrogen-bond acceptors (Lipinski definition) is 3. The molecule has 1 aromatic rings. The molecule has 0 saturated carbocycles. The second kappa shape index (κ2) is 8.59. The van der Waals surface area contributed by atoms with Crippen molar-refractivity contribution in [2.75, 3.05) is 19.3 Å². The summed E-state index contributed by atoms with van der Waals surface area (Å²) in [4.78, 5) is 14.1. The van der Waals surface area contributed by atoms with Gasteiger partial charge < -0.3 is 11.1 Å². The summed E-state index contributed by atoms with van der Waals surface area (Å²) in [6.45, 7) is 5.52. The third-order valence-corrected chi connectivity index (χ3v) is 3.60. The topological polar surface area (TPSA) is 58.4 Å². The highest BCUT2D eigenvalue weighted by Gasteiger charge is 2.18. The number of likely N-dealkylation sites (N-methyl/N-ethyl adjacent to an activating group) is 1. The van der Waals surface area contributed by atoms with Crippen molar-refractivity contribution in [1.29, 1.82) is 0 Å². The average molecular weight is 277 g/mol. The fourth-order valence-electron chi connectivity index (χ4n) is 2.02. The third-order valence-electron chi connectivity index (χ3n) is 3.60. The lowest BCUT2D eigenvalue weighted by Gasteiger charge is -2.24. The van der Waals surface area contributed by atoms with E-state index in [4.69, 9.17) is 5.73 Å². The molecule has 4 nitrogen and oxygen atoms in total. The van der Waals surface area contributed by atoms with E-state index in [1.165, 1.54) is 6.42 Å². The van der Waals surface area contributed by atoms with E-state index in [1.807, 2.05) is 43.1 Å². The molecule has 1 atom stereocenters. The van der Waals surface area contributed by atoms with Crippen LogP contribution in [0.25, 0.3) is 0 Å². The van der Waals surface area contributed by atoms with E-state index < -0.39 is 0 Å². The molecule has 0 aliphatic heterocycles. The van der Waals surface area contributed by atoms with Crippen molar-refractivity contribution < 1.29 is 4.79 Å². The maximum absolute atomic E-state index is 12.0. The molecule has 0 fully saturated rings. The average Bonchev–Trinajstić information content (AvgIpc) is 2.45. The Balaban J connectivity index is 2.44. The number of nitrogens with one attached hydrogen (secondary N) is 1. The summed E-state index contributed by atoms with van der Waals surface area (Å²) in [7, 11) is 1.95. The van der Waals surface area contributed by atoms with Gasteiger partial charge >= 0.3 is 0 Å². The minimum absolute atomic E-state index is 0.0816. The number of nitrogens with zero attached hydrogens (tertiary/aromatic N) is 1. The van der Waals surface area contributed by atoms with Crippen LogP contribution in [0.4, 0.5) is 5.69 Å². The monoisotopic (exact) mass is 277 g/mol. The molecule has 1 rings (SSSR count). The number of benzene rings is 1. The minimum atomic E-state index is -0.156. The second-order valence-corrected chi connectivity index (χ2v) is 5.29. The van der Waals surface area contributed by atoms with Gasteiger partial charge in [0, 0.05) is 18.8 Å². The summed E-state index contributed by atoms with van der Waals surface area (Å²) in [6, 6.07) is 7.62. The number of amides is 1. The van der Waals surface area contributed by atoms with Gasteiger partial charge in [0.1, 0.15) is 0 Å². The Bertz CT molecular complexity index is 420. The van der Waals surface area contributed by atoms with Crippen molar-refractivity contribution in [3.8, 4) is 0 Å². The number of rotatable bonds is 8. The summed E-state index contributed by atoms with van der Waals surface area (Å²) in [5, 5.41) is 2.99. The predicted molar refractivity (Wildman–Crippen MR) is 84.3 cm³/mol. The molecule has 20 heavy (non-hydrogen) atoms. The molecule has 0 saturated heterocycles. The molecule has 112 valence electrons. The highest BCUT2D eigenvalue weighted by atomic mass is 16.2. The molecule has 0 aliphatic carbocycles. The quantitative estimate of drug-likeness (QED) is 0.566. The van der Waals surface area contributed by atoms with Crippen molar-refractivity contribution >= 4 is 11.6 Å². The molecular weight excluding hydrogens is 250 g/mol. The fraction of sp³-hybridized carbons (Fsp3) is 0.562. The number of carbonyl (C=O) groups excluding carboxylic acids is 1. The Kier molecular flexibility index (Phi) is 7.09. The zero-order valence-corrected chi connectivity index (χ0v) is 12.9. The Morgan fingerprint density at radius 3 is 2.70 bits per heavy atom. The van der Waals surface area contributed by atoms with Gasteiger partial charge in [-0.05, 0) is 32.0 Å². The zero-order chi connectivity index (χ0) is 15.0. The van der Waals surface area contributed by atoms with Crippen LogP contribution >= 0.6 is 0 Å². The van der Waals surface area contributed by atoms with Gasteiger partial charge in [0.15, 0.2) is 0 Å². The summed E-state index contributed by atoms with van der Waals surface area (Å²) >= 11 is 0. The van der Waals surface area contributed by atoms with Gasteiger partial charge in [-0.3, -0.25) is 9.69 Å². The van der Waals surface area contributed by atoms with Crippen molar-refractivity contribution in [1.82, 2.24) is 10.2 Å². The number of hydrogen-bond donors (Lipinski definition) is 2. The number of nitrogen functional groups attached to an aromatic ring is 1. The highest BCUT2D eigenvalue weighted by Crippen LogP contribution is 2.13. The Hall–Kier alpha value is -1.55. The van der Waals surface area contributed by atoms with Crippen LogP contribution in [0.5, 0.6) is 0 Å². The summed E-state index contributed by atoms with van der Waals surface area (Å²) in [5.74, 6) is 0.0816. The first-order valence-corrected chi connectivity index (χ1v) is 7.37. The van der Waals surface area contributed by atoms with Gasteiger partial charge in [-0.15, -0.1) is 0 Å². The standard InChI is InChI=1S/C16H27N3O/c1-4-5-8-11-18-16(20)13(2)19(3)12-14-9-6-7-10-15(14)17/h6-7,9-10,13H,4-5,8,11-12,17H2,1-3H3,(H,18,20). The first-order valence-electron chi connectivity index (χ1n) is 7.37. The number of carbonyl (C=O) groups is 1. The van der Waals surface area contributed by atoms with Crippen LogP contribution in [0.3, 0.4) is 0 Å². The van der Waals surface area contributed by atoms with Crippen LogP contribution in [0.15, 0.2) is 24.3 Å². The Morgan fingerprint density at radius 1 is 1.35 bits per heavy atom. The van der Waals surface area contributed by atoms with Crippen LogP contribution in [0.1, 0.15) is 38.7 Å². The van der Waals surface area contributed by atoms with Crippen LogP contribution < -0.4 is 11.1 Å². The molecule has 4 heteroatoms. The van der Waals surface area contributed by atoms with Crippen molar-refractivity contribution in [2.24, 2.45) is 0 Å². The van der Waals surface area contributed by atoms with Gasteiger partial charge in [-0.1, -0.05) is 38.0 Å². The number of nitrogens with two attached hydrogens (primary N) is 1. The maximum atomic E-state index is 12.0. The molecular formula is C16H27N3O. The summed E-state index contributed by atoms with van der Waals surface area (Å²) in [6.07, 6.45) is 3.37. The van der Waals surface area contributed by atoms with Gasteiger partial charge in [0.05, 0.1) is 6.04 Å². The molecule has 0 aliphatic rings. The number of anilines is 1. The van der Waals surface area contributed by atoms with Gasteiger partial charge in [-0.25, -0.2) is 0 Å². The second-order valence-electron chi connectivity index (χ2n) is 5.29. The molecule has 1 amide bonds. The van der Waals surface area contributed by atoms with E-state index in [0.29, 0.717) is 6.54 Å². The van der Waals surface area contributed by atoms with Crippen molar-refractivity contribution in [3.05, 3.63) is 29.8 Å². The van der Waals surface area contributed by atoms with Gasteiger partial charge in [0.25, 0.3) is 0 Å². The first kappa shape index (κ1) is 16.5. The lowest BCUT2D eigenvalue weighted by Crippen LogP contribution is -2.43. The van der Waals surface area contributed by atoms with E-state index in [-0.39, 0.29) is 11.9 Å². The largest absolute Gasteiger partial charge is 0.398 e. The normalized spacial score (nSPS) is 12.4. The molecule has 0 spiro atoms. The lowest BCUT2D eigenvalue weighted by atomic mass is 10.1. The molecule has 0 radical (unpaired) electrons. The maximum Gasteiger partial charge on any atom is 0.237 e. The molecule has 0 heterocycles. The smallest absolute Gasteiger partial charge is 0.237 e. The SMILES string of the molecule is CCCCCNC(=O)C(C)N(C)Cc1ccccc1N.